The maximum absolute atomic E-state index is 12.8. The number of benzene rings is 2. The van der Waals surface area contributed by atoms with E-state index in [2.05, 4.69) is 41.9 Å². The molecule has 2 heterocycles. The van der Waals surface area contributed by atoms with E-state index in [1.165, 1.54) is 25.3 Å². The second-order valence-electron chi connectivity index (χ2n) is 7.48. The minimum atomic E-state index is -0.654. The van der Waals surface area contributed by atoms with Crippen LogP contribution in [0.3, 0.4) is 0 Å². The van der Waals surface area contributed by atoms with E-state index in [9.17, 15) is 14.4 Å². The van der Waals surface area contributed by atoms with Crippen molar-refractivity contribution in [3.63, 3.8) is 0 Å². The molecule has 186 valence electrons. The highest BCUT2D eigenvalue weighted by Crippen LogP contribution is 2.36. The normalized spacial score (nSPS) is 14.4. The van der Waals surface area contributed by atoms with E-state index in [4.69, 9.17) is 32.4 Å². The van der Waals surface area contributed by atoms with Crippen LogP contribution in [0.1, 0.15) is 27.4 Å². The third-order valence-electron chi connectivity index (χ3n) is 5.04. The van der Waals surface area contributed by atoms with Crippen molar-refractivity contribution >= 4 is 79.0 Å². The van der Waals surface area contributed by atoms with Crippen LogP contribution < -0.4 is 10.1 Å². The largest absolute Gasteiger partial charge is 0.486 e. The van der Waals surface area contributed by atoms with Gasteiger partial charge in [0.05, 0.1) is 22.6 Å². The van der Waals surface area contributed by atoms with Crippen molar-refractivity contribution in [2.45, 2.75) is 13.2 Å². The van der Waals surface area contributed by atoms with Crippen molar-refractivity contribution in [2.75, 3.05) is 7.11 Å². The Balaban J connectivity index is 1.48. The molecule has 0 unspecified atom stereocenters. The van der Waals surface area contributed by atoms with Gasteiger partial charge in [-0.15, -0.1) is 0 Å². The van der Waals surface area contributed by atoms with Crippen LogP contribution in [-0.4, -0.2) is 29.9 Å². The Morgan fingerprint density at radius 1 is 1.11 bits per heavy atom. The summed E-state index contributed by atoms with van der Waals surface area (Å²) in [7, 11) is 1.23. The molecule has 0 atom stereocenters. The van der Waals surface area contributed by atoms with Crippen molar-refractivity contribution in [3.05, 3.63) is 89.8 Å². The molecule has 1 aromatic heterocycles. The van der Waals surface area contributed by atoms with Crippen molar-refractivity contribution in [3.8, 4) is 5.75 Å². The van der Waals surface area contributed by atoms with Crippen LogP contribution in [-0.2, 0) is 22.7 Å². The number of furan rings is 1. The topological polar surface area (TPSA) is 98.1 Å². The van der Waals surface area contributed by atoms with Crippen LogP contribution in [0.4, 0.5) is 4.79 Å². The van der Waals surface area contributed by atoms with Gasteiger partial charge < -0.3 is 19.2 Å². The maximum Gasteiger partial charge on any atom is 0.373 e. The van der Waals surface area contributed by atoms with Crippen molar-refractivity contribution < 1.29 is 28.3 Å². The number of methoxy groups -OCH3 is 1. The number of esters is 1. The molecule has 12 heteroatoms. The molecule has 2 aromatic carbocycles. The van der Waals surface area contributed by atoms with E-state index in [-0.39, 0.29) is 30.4 Å². The number of nitrogens with one attached hydrogen (secondary N) is 1. The highest BCUT2D eigenvalue weighted by Gasteiger charge is 2.34. The Morgan fingerprint density at radius 3 is 2.50 bits per heavy atom. The Bertz CT molecular complexity index is 1380. The van der Waals surface area contributed by atoms with Gasteiger partial charge in [0, 0.05) is 15.6 Å². The minimum absolute atomic E-state index is 0.0225. The third-order valence-corrected chi connectivity index (χ3v) is 6.81. The lowest BCUT2D eigenvalue weighted by Crippen LogP contribution is -2.30. The first-order chi connectivity index (χ1) is 17.2. The number of imide groups is 1. The lowest BCUT2D eigenvalue weighted by atomic mass is 10.2. The van der Waals surface area contributed by atoms with Crippen LogP contribution >= 0.6 is 55.1 Å². The molecule has 1 aliphatic rings. The average Bonchev–Trinajstić information content (AvgIpc) is 3.39. The fourth-order valence-electron chi connectivity index (χ4n) is 3.30. The van der Waals surface area contributed by atoms with Gasteiger partial charge >= 0.3 is 12.0 Å². The number of rotatable bonds is 7. The monoisotopic (exact) mass is 656 g/mol. The molecule has 1 aliphatic heterocycles. The lowest BCUT2D eigenvalue weighted by molar-refractivity contribution is -0.123. The number of nitrogens with zero attached hydrogens (tertiary/aromatic N) is 1. The molecule has 0 radical (unpaired) electrons. The second kappa shape index (κ2) is 11.1. The number of amides is 3. The fraction of sp³-hybridized carbons (Fsp3) is 0.125. The summed E-state index contributed by atoms with van der Waals surface area (Å²) >= 11 is 19.1. The summed E-state index contributed by atoms with van der Waals surface area (Å²) in [5, 5.41) is 3.58. The number of hydrogen-bond donors (Lipinski definition) is 1. The molecule has 0 bridgehead atoms. The predicted octanol–water partition coefficient (Wildman–Crippen LogP) is 6.57. The van der Waals surface area contributed by atoms with Gasteiger partial charge in [0.15, 0.2) is 0 Å². The number of carbonyl (C=O) groups is 3. The Hall–Kier alpha value is -2.79. The molecule has 1 N–H and O–H groups in total. The van der Waals surface area contributed by atoms with E-state index in [0.29, 0.717) is 30.3 Å². The number of carbonyl (C=O) groups excluding carboxylic acids is 3. The molecule has 0 saturated carbocycles. The quantitative estimate of drug-likeness (QED) is 0.175. The molecule has 36 heavy (non-hydrogen) atoms. The summed E-state index contributed by atoms with van der Waals surface area (Å²) in [5.41, 5.74) is 1.47. The van der Waals surface area contributed by atoms with Gasteiger partial charge in [-0.3, -0.25) is 9.69 Å². The first-order valence-electron chi connectivity index (χ1n) is 10.2. The number of urea groups is 1. The van der Waals surface area contributed by atoms with E-state index in [0.717, 1.165) is 10.5 Å². The molecular weight excluding hydrogens is 643 g/mol. The summed E-state index contributed by atoms with van der Waals surface area (Å²) in [6.45, 7) is 0.0635. The molecule has 8 nitrogen and oxygen atoms in total. The average molecular weight is 659 g/mol. The highest BCUT2D eigenvalue weighted by molar-refractivity contribution is 9.11. The molecule has 0 spiro atoms. The fourth-order valence-corrected chi connectivity index (χ4v) is 5.21. The molecule has 1 saturated heterocycles. The van der Waals surface area contributed by atoms with E-state index < -0.39 is 17.9 Å². The SMILES string of the molecule is COC(=O)c1ccc(CN2C(=O)N/C(=C\c3cc(Br)c(OCc4ccc(Cl)cc4Cl)c(Br)c3)C2=O)o1. The third kappa shape index (κ3) is 5.78. The van der Waals surface area contributed by atoms with Crippen LogP contribution in [0.25, 0.3) is 6.08 Å². The summed E-state index contributed by atoms with van der Waals surface area (Å²) in [5.74, 6) is -0.427. The van der Waals surface area contributed by atoms with Gasteiger partial charge in [0.2, 0.25) is 5.76 Å². The van der Waals surface area contributed by atoms with Crippen molar-refractivity contribution in [1.29, 1.82) is 0 Å². The number of halogens is 4. The zero-order chi connectivity index (χ0) is 26.0. The van der Waals surface area contributed by atoms with Crippen molar-refractivity contribution in [1.82, 2.24) is 10.2 Å². The molecular formula is C24H16Br2Cl2N2O6. The number of ether oxygens (including phenoxy) is 2. The van der Waals surface area contributed by atoms with Gasteiger partial charge in [-0.1, -0.05) is 29.3 Å². The summed E-state index contributed by atoms with van der Waals surface area (Å²) in [6.07, 6.45) is 1.54. The first-order valence-corrected chi connectivity index (χ1v) is 12.6. The molecule has 3 aromatic rings. The molecule has 1 fully saturated rings. The molecule has 4 rings (SSSR count). The zero-order valence-corrected chi connectivity index (χ0v) is 23.1. The summed E-state index contributed by atoms with van der Waals surface area (Å²) in [6, 6.07) is 10.9. The summed E-state index contributed by atoms with van der Waals surface area (Å²) in [4.78, 5) is 37.8. The van der Waals surface area contributed by atoms with E-state index in [1.54, 1.807) is 30.3 Å². The van der Waals surface area contributed by atoms with Gasteiger partial charge in [0.1, 0.15) is 23.8 Å². The van der Waals surface area contributed by atoms with Gasteiger partial charge in [-0.25, -0.2) is 9.59 Å². The number of hydrogen-bond acceptors (Lipinski definition) is 6. The van der Waals surface area contributed by atoms with Crippen LogP contribution in [0.2, 0.25) is 10.0 Å². The van der Waals surface area contributed by atoms with Gasteiger partial charge in [-0.2, -0.15) is 0 Å². The van der Waals surface area contributed by atoms with Gasteiger partial charge in [0.25, 0.3) is 5.91 Å². The van der Waals surface area contributed by atoms with Crippen LogP contribution in [0, 0.1) is 0 Å². The lowest BCUT2D eigenvalue weighted by Gasteiger charge is -2.12. The standard InChI is InChI=1S/C24H16Br2Cl2N2O6/c1-34-23(32)20-5-4-15(36-20)10-30-22(31)19(29-24(30)33)8-12-6-16(25)21(17(26)7-12)35-11-13-2-3-14(27)9-18(13)28/h2-9H,10-11H2,1H3,(H,29,33)/b19-8-. The molecule has 3 amide bonds. The second-order valence-corrected chi connectivity index (χ2v) is 10.0. The molecule has 0 aliphatic carbocycles. The van der Waals surface area contributed by atoms with Crippen LogP contribution in [0.15, 0.2) is 61.5 Å². The van der Waals surface area contributed by atoms with E-state index in [1.807, 2.05) is 0 Å². The minimum Gasteiger partial charge on any atom is -0.486 e. The Morgan fingerprint density at radius 2 is 1.83 bits per heavy atom. The van der Waals surface area contributed by atoms with E-state index >= 15 is 0 Å². The summed E-state index contributed by atoms with van der Waals surface area (Å²) < 4.78 is 17.1. The smallest absolute Gasteiger partial charge is 0.373 e. The van der Waals surface area contributed by atoms with Gasteiger partial charge in [-0.05, 0) is 79.9 Å². The zero-order valence-electron chi connectivity index (χ0n) is 18.4. The predicted molar refractivity (Wildman–Crippen MR) is 140 cm³/mol. The Labute approximate surface area is 232 Å². The first kappa shape index (κ1) is 26.3. The van der Waals surface area contributed by atoms with Crippen LogP contribution in [0.5, 0.6) is 5.75 Å². The highest BCUT2D eigenvalue weighted by atomic mass is 79.9. The Kier molecular flexibility index (Phi) is 8.09. The maximum atomic E-state index is 12.8. The van der Waals surface area contributed by atoms with Crippen molar-refractivity contribution in [2.24, 2.45) is 0 Å².